The summed E-state index contributed by atoms with van der Waals surface area (Å²) in [6, 6.07) is 9.10. The first-order chi connectivity index (χ1) is 12.3. The minimum Gasteiger partial charge on any atom is -0.379 e. The molecule has 1 aromatic carbocycles. The van der Waals surface area contributed by atoms with Gasteiger partial charge in [-0.2, -0.15) is 0 Å². The monoisotopic (exact) mass is 347 g/mol. The number of hydrogen-bond acceptors (Lipinski definition) is 3. The highest BCUT2D eigenvalue weighted by Gasteiger charge is 2.39. The Labute approximate surface area is 152 Å². The normalized spacial score (nSPS) is 19.7. The number of aliphatic imine (C=N–C) groups is 1. The minimum atomic E-state index is 0.472. The van der Waals surface area contributed by atoms with Gasteiger partial charge in [-0.05, 0) is 30.9 Å². The molecule has 0 bridgehead atoms. The van der Waals surface area contributed by atoms with Crippen LogP contribution < -0.4 is 10.6 Å². The largest absolute Gasteiger partial charge is 0.379 e. The third kappa shape index (κ3) is 7.04. The summed E-state index contributed by atoms with van der Waals surface area (Å²) >= 11 is 0. The first-order valence-electron chi connectivity index (χ1n) is 9.44. The third-order valence-corrected chi connectivity index (χ3v) is 4.48. The summed E-state index contributed by atoms with van der Waals surface area (Å²) in [5.41, 5.74) is 2.82. The van der Waals surface area contributed by atoms with E-state index in [1.807, 2.05) is 7.05 Å². The number of nitrogens with zero attached hydrogens (tertiary/aromatic N) is 1. The van der Waals surface area contributed by atoms with Crippen LogP contribution in [0.1, 0.15) is 43.2 Å². The molecule has 1 aliphatic carbocycles. The fourth-order valence-electron chi connectivity index (χ4n) is 2.88. The van der Waals surface area contributed by atoms with Crippen LogP contribution in [0.2, 0.25) is 0 Å². The molecule has 2 rings (SSSR count). The number of guanidine groups is 1. The fourth-order valence-corrected chi connectivity index (χ4v) is 2.88. The van der Waals surface area contributed by atoms with Gasteiger partial charge in [0.25, 0.3) is 0 Å². The van der Waals surface area contributed by atoms with Crippen molar-refractivity contribution < 1.29 is 9.47 Å². The van der Waals surface area contributed by atoms with Crippen molar-refractivity contribution in [3.63, 3.8) is 0 Å². The molecule has 0 spiro atoms. The molecule has 0 aliphatic heterocycles. The number of nitrogens with one attached hydrogen (secondary N) is 2. The molecule has 2 N–H and O–H groups in total. The zero-order valence-electron chi connectivity index (χ0n) is 15.9. The zero-order chi connectivity index (χ0) is 17.9. The molecule has 2 unspecified atom stereocenters. The van der Waals surface area contributed by atoms with E-state index < -0.39 is 0 Å². The van der Waals surface area contributed by atoms with Crippen molar-refractivity contribution in [3.05, 3.63) is 35.4 Å². The summed E-state index contributed by atoms with van der Waals surface area (Å²) in [5, 5.41) is 6.81. The fraction of sp³-hybridized carbons (Fsp3) is 0.650. The number of ether oxygens (including phenoxy) is 2. The van der Waals surface area contributed by atoms with Gasteiger partial charge in [-0.3, -0.25) is 4.99 Å². The summed E-state index contributed by atoms with van der Waals surface area (Å²) in [5.74, 6) is 1.44. The minimum absolute atomic E-state index is 0.472. The number of hydrogen-bond donors (Lipinski definition) is 2. The van der Waals surface area contributed by atoms with Crippen molar-refractivity contribution in [2.45, 2.75) is 45.1 Å². The van der Waals surface area contributed by atoms with Crippen molar-refractivity contribution in [1.82, 2.24) is 10.6 Å². The van der Waals surface area contributed by atoms with E-state index in [1.54, 1.807) is 0 Å². The molecule has 25 heavy (non-hydrogen) atoms. The third-order valence-electron chi connectivity index (χ3n) is 4.48. The average Bonchev–Trinajstić information content (AvgIpc) is 3.38. The maximum absolute atomic E-state index is 5.57. The van der Waals surface area contributed by atoms with Crippen LogP contribution in [0.3, 0.4) is 0 Å². The van der Waals surface area contributed by atoms with E-state index in [-0.39, 0.29) is 0 Å². The highest BCUT2D eigenvalue weighted by molar-refractivity contribution is 5.80. The molecule has 140 valence electrons. The average molecular weight is 348 g/mol. The molecule has 5 nitrogen and oxygen atoms in total. The quantitative estimate of drug-likeness (QED) is 0.367. The Morgan fingerprint density at radius 3 is 2.64 bits per heavy atom. The molecule has 1 aromatic rings. The Morgan fingerprint density at radius 1 is 1.16 bits per heavy atom. The van der Waals surface area contributed by atoms with Crippen molar-refractivity contribution >= 4 is 5.96 Å². The van der Waals surface area contributed by atoms with Crippen molar-refractivity contribution in [1.29, 1.82) is 0 Å². The van der Waals surface area contributed by atoms with Crippen LogP contribution >= 0.6 is 0 Å². The maximum Gasteiger partial charge on any atom is 0.191 e. The highest BCUT2D eigenvalue weighted by Crippen LogP contribution is 2.41. The topological polar surface area (TPSA) is 54.9 Å². The second-order valence-electron chi connectivity index (χ2n) is 6.53. The molecular weight excluding hydrogens is 314 g/mol. The standard InChI is InChI=1S/C20H33N3O2/c1-4-5-11-24-13-14-25-12-10-22-20(21-3)23-19-15-18(19)17-9-7-6-8-16(17)2/h6-9,18-19H,4-5,10-15H2,1-3H3,(H2,21,22,23). The van der Waals surface area contributed by atoms with E-state index in [9.17, 15) is 0 Å². The Morgan fingerprint density at radius 2 is 1.92 bits per heavy atom. The summed E-state index contributed by atoms with van der Waals surface area (Å²) in [6.07, 6.45) is 3.45. The van der Waals surface area contributed by atoms with Gasteiger partial charge in [0.15, 0.2) is 5.96 Å². The Bertz CT molecular complexity index is 533. The highest BCUT2D eigenvalue weighted by atomic mass is 16.5. The van der Waals surface area contributed by atoms with Crippen LogP contribution in [0.5, 0.6) is 0 Å². The molecule has 2 atom stereocenters. The zero-order valence-corrected chi connectivity index (χ0v) is 15.9. The summed E-state index contributed by atoms with van der Waals surface area (Å²) < 4.78 is 11.0. The predicted molar refractivity (Wildman–Crippen MR) is 103 cm³/mol. The van der Waals surface area contributed by atoms with E-state index in [1.165, 1.54) is 17.5 Å². The van der Waals surface area contributed by atoms with E-state index in [0.29, 0.717) is 31.8 Å². The SMILES string of the molecule is CCCCOCCOCCNC(=NC)NC1CC1c1ccccc1C. The van der Waals surface area contributed by atoms with Crippen molar-refractivity contribution in [2.75, 3.05) is 40.0 Å². The lowest BCUT2D eigenvalue weighted by molar-refractivity contribution is 0.0487. The van der Waals surface area contributed by atoms with Gasteiger partial charge >= 0.3 is 0 Å². The lowest BCUT2D eigenvalue weighted by Gasteiger charge is -2.12. The number of aryl methyl sites for hydroxylation is 1. The molecular formula is C20H33N3O2. The van der Waals surface area contributed by atoms with Gasteiger partial charge in [-0.15, -0.1) is 0 Å². The molecule has 1 fully saturated rings. The van der Waals surface area contributed by atoms with Crippen LogP contribution in [0, 0.1) is 6.92 Å². The smallest absolute Gasteiger partial charge is 0.191 e. The Balaban J connectivity index is 1.56. The molecule has 1 aliphatic rings. The first kappa shape index (κ1) is 19.7. The molecule has 5 heteroatoms. The van der Waals surface area contributed by atoms with Crippen LogP contribution in [0.4, 0.5) is 0 Å². The van der Waals surface area contributed by atoms with Gasteiger partial charge in [0.05, 0.1) is 19.8 Å². The van der Waals surface area contributed by atoms with E-state index in [0.717, 1.165) is 32.0 Å². The van der Waals surface area contributed by atoms with E-state index in [4.69, 9.17) is 9.47 Å². The Hall–Kier alpha value is -1.59. The van der Waals surface area contributed by atoms with Gasteiger partial charge in [0.1, 0.15) is 0 Å². The van der Waals surface area contributed by atoms with Gasteiger partial charge in [-0.1, -0.05) is 37.6 Å². The van der Waals surface area contributed by atoms with Crippen molar-refractivity contribution in [2.24, 2.45) is 4.99 Å². The molecule has 0 radical (unpaired) electrons. The van der Waals surface area contributed by atoms with Gasteiger partial charge in [0, 0.05) is 32.2 Å². The van der Waals surface area contributed by atoms with Gasteiger partial charge in [0.2, 0.25) is 0 Å². The predicted octanol–water partition coefficient (Wildman–Crippen LogP) is 2.85. The molecule has 0 saturated heterocycles. The summed E-state index contributed by atoms with van der Waals surface area (Å²) in [7, 11) is 1.81. The number of unbranched alkanes of at least 4 members (excludes halogenated alkanes) is 1. The molecule has 1 saturated carbocycles. The van der Waals surface area contributed by atoms with E-state index in [2.05, 4.69) is 53.7 Å². The lowest BCUT2D eigenvalue weighted by Crippen LogP contribution is -2.40. The van der Waals surface area contributed by atoms with E-state index >= 15 is 0 Å². The van der Waals surface area contributed by atoms with Crippen LogP contribution in [0.15, 0.2) is 29.3 Å². The molecule has 0 amide bonds. The van der Waals surface area contributed by atoms with Crippen LogP contribution in [-0.4, -0.2) is 52.0 Å². The molecule has 0 heterocycles. The van der Waals surface area contributed by atoms with Crippen molar-refractivity contribution in [3.8, 4) is 0 Å². The van der Waals surface area contributed by atoms with Crippen LogP contribution in [-0.2, 0) is 9.47 Å². The van der Waals surface area contributed by atoms with Gasteiger partial charge in [-0.25, -0.2) is 0 Å². The Kier molecular flexibility index (Phi) is 8.77. The summed E-state index contributed by atoms with van der Waals surface area (Å²) in [6.45, 7) is 7.90. The number of benzene rings is 1. The first-order valence-corrected chi connectivity index (χ1v) is 9.44. The lowest BCUT2D eigenvalue weighted by atomic mass is 10.0. The second-order valence-corrected chi connectivity index (χ2v) is 6.53. The number of rotatable bonds is 11. The van der Waals surface area contributed by atoms with Crippen LogP contribution in [0.25, 0.3) is 0 Å². The summed E-state index contributed by atoms with van der Waals surface area (Å²) in [4.78, 5) is 4.30. The molecule has 0 aromatic heterocycles. The second kappa shape index (κ2) is 11.1. The maximum atomic E-state index is 5.57. The van der Waals surface area contributed by atoms with Gasteiger partial charge < -0.3 is 20.1 Å².